The maximum atomic E-state index is 6.11. The third-order valence-corrected chi connectivity index (χ3v) is 4.44. The molecule has 0 aromatic heterocycles. The van der Waals surface area contributed by atoms with Gasteiger partial charge in [0, 0.05) is 11.1 Å². The van der Waals surface area contributed by atoms with Crippen LogP contribution in [0, 0.1) is 11.8 Å². The van der Waals surface area contributed by atoms with E-state index in [1.165, 1.54) is 37.7 Å². The predicted octanol–water partition coefficient (Wildman–Crippen LogP) is 5.08. The Morgan fingerprint density at radius 1 is 1.35 bits per heavy atom. The van der Waals surface area contributed by atoms with Gasteiger partial charge in [-0.2, -0.15) is 0 Å². The van der Waals surface area contributed by atoms with Crippen LogP contribution in [0.4, 0.5) is 0 Å². The van der Waals surface area contributed by atoms with Gasteiger partial charge in [0.2, 0.25) is 0 Å². The third kappa shape index (κ3) is 5.85. The zero-order valence-corrected chi connectivity index (χ0v) is 13.6. The van der Waals surface area contributed by atoms with Crippen molar-refractivity contribution >= 4 is 11.6 Å². The normalized spacial score (nSPS) is 17.9. The Bertz CT molecular complexity index is 400. The summed E-state index contributed by atoms with van der Waals surface area (Å²) in [6, 6.07) is 9.16. The second-order valence-corrected chi connectivity index (χ2v) is 6.95. The number of nitrogens with one attached hydrogen (secondary N) is 1. The van der Waals surface area contributed by atoms with Gasteiger partial charge in [-0.1, -0.05) is 50.4 Å². The molecule has 1 saturated carbocycles. The van der Waals surface area contributed by atoms with Crippen LogP contribution in [0.3, 0.4) is 0 Å². The average molecular weight is 294 g/mol. The molecular weight excluding hydrogens is 266 g/mol. The average Bonchev–Trinajstić information content (AvgIpc) is 3.20. The van der Waals surface area contributed by atoms with E-state index in [9.17, 15) is 0 Å². The molecule has 0 radical (unpaired) electrons. The minimum absolute atomic E-state index is 0.732. The summed E-state index contributed by atoms with van der Waals surface area (Å²) < 4.78 is 0. The topological polar surface area (TPSA) is 12.0 Å². The Labute approximate surface area is 129 Å². The lowest BCUT2D eigenvalue weighted by molar-refractivity contribution is 0.353. The molecule has 2 heteroatoms. The number of rotatable bonds is 9. The van der Waals surface area contributed by atoms with Crippen molar-refractivity contribution in [1.82, 2.24) is 5.32 Å². The maximum Gasteiger partial charge on any atom is 0.0408 e. The van der Waals surface area contributed by atoms with E-state index < -0.39 is 0 Å². The largest absolute Gasteiger partial charge is 0.314 e. The molecule has 0 amide bonds. The summed E-state index contributed by atoms with van der Waals surface area (Å²) in [5.41, 5.74) is 1.38. The molecule has 112 valence electrons. The molecule has 1 nitrogen and oxygen atoms in total. The van der Waals surface area contributed by atoms with Gasteiger partial charge in [-0.25, -0.2) is 0 Å². The van der Waals surface area contributed by atoms with E-state index in [-0.39, 0.29) is 0 Å². The highest BCUT2D eigenvalue weighted by atomic mass is 35.5. The molecule has 2 rings (SSSR count). The lowest BCUT2D eigenvalue weighted by atomic mass is 9.88. The molecule has 1 aliphatic rings. The quantitative estimate of drug-likeness (QED) is 0.670. The van der Waals surface area contributed by atoms with E-state index in [1.807, 2.05) is 6.07 Å². The minimum Gasteiger partial charge on any atom is -0.314 e. The van der Waals surface area contributed by atoms with Gasteiger partial charge < -0.3 is 5.32 Å². The summed E-state index contributed by atoms with van der Waals surface area (Å²) in [6.07, 6.45) is 7.84. The van der Waals surface area contributed by atoms with Crippen LogP contribution in [-0.2, 0) is 6.42 Å². The van der Waals surface area contributed by atoms with Crippen molar-refractivity contribution < 1.29 is 0 Å². The van der Waals surface area contributed by atoms with Gasteiger partial charge in [-0.3, -0.25) is 0 Å². The van der Waals surface area contributed by atoms with Crippen molar-refractivity contribution in [3.63, 3.8) is 0 Å². The van der Waals surface area contributed by atoms with Crippen LogP contribution in [0.2, 0.25) is 5.02 Å². The SMILES string of the molecule is CCCC(C)CC(CNC1CC1)Cc1cccc(Cl)c1. The third-order valence-electron chi connectivity index (χ3n) is 4.20. The Morgan fingerprint density at radius 3 is 2.80 bits per heavy atom. The van der Waals surface area contributed by atoms with Crippen LogP contribution in [0.1, 0.15) is 51.5 Å². The highest BCUT2D eigenvalue weighted by Crippen LogP contribution is 2.24. The fraction of sp³-hybridized carbons (Fsp3) is 0.667. The van der Waals surface area contributed by atoms with Gasteiger partial charge in [0.15, 0.2) is 0 Å². The molecule has 1 fully saturated rings. The summed E-state index contributed by atoms with van der Waals surface area (Å²) >= 11 is 6.11. The van der Waals surface area contributed by atoms with Crippen LogP contribution < -0.4 is 5.32 Å². The van der Waals surface area contributed by atoms with Crippen molar-refractivity contribution in [2.75, 3.05) is 6.54 Å². The van der Waals surface area contributed by atoms with Crippen molar-refractivity contribution in [2.45, 2.75) is 58.4 Å². The summed E-state index contributed by atoms with van der Waals surface area (Å²) in [5.74, 6) is 1.56. The van der Waals surface area contributed by atoms with Gasteiger partial charge in [-0.15, -0.1) is 0 Å². The first-order chi connectivity index (χ1) is 9.67. The summed E-state index contributed by atoms with van der Waals surface area (Å²) in [5, 5.41) is 4.57. The van der Waals surface area contributed by atoms with Crippen molar-refractivity contribution in [2.24, 2.45) is 11.8 Å². The standard InChI is InChI=1S/C18H28ClN/c1-3-5-14(2)10-16(13-20-18-8-9-18)11-15-6-4-7-17(19)12-15/h4,6-7,12,14,16,18,20H,3,5,8-11,13H2,1-2H3. The Morgan fingerprint density at radius 2 is 2.15 bits per heavy atom. The van der Waals surface area contributed by atoms with E-state index >= 15 is 0 Å². The monoisotopic (exact) mass is 293 g/mol. The lowest BCUT2D eigenvalue weighted by Gasteiger charge is -2.21. The first kappa shape index (κ1) is 15.9. The predicted molar refractivity (Wildman–Crippen MR) is 88.4 cm³/mol. The van der Waals surface area contributed by atoms with E-state index in [0.717, 1.165) is 35.9 Å². The highest BCUT2D eigenvalue weighted by molar-refractivity contribution is 6.30. The second-order valence-electron chi connectivity index (χ2n) is 6.51. The summed E-state index contributed by atoms with van der Waals surface area (Å²) in [4.78, 5) is 0. The van der Waals surface area contributed by atoms with Crippen molar-refractivity contribution in [1.29, 1.82) is 0 Å². The molecule has 1 aliphatic carbocycles. The Hall–Kier alpha value is -0.530. The molecule has 2 atom stereocenters. The van der Waals surface area contributed by atoms with Gasteiger partial charge in [-0.05, 0) is 61.8 Å². The second kappa shape index (κ2) is 8.05. The van der Waals surface area contributed by atoms with Gasteiger partial charge in [0.1, 0.15) is 0 Å². The Balaban J connectivity index is 1.89. The molecule has 0 heterocycles. The highest BCUT2D eigenvalue weighted by Gasteiger charge is 2.22. The van der Waals surface area contributed by atoms with Crippen LogP contribution >= 0.6 is 11.6 Å². The van der Waals surface area contributed by atoms with Crippen LogP contribution in [0.25, 0.3) is 0 Å². The molecule has 1 aromatic rings. The molecule has 20 heavy (non-hydrogen) atoms. The van der Waals surface area contributed by atoms with Crippen LogP contribution in [0.15, 0.2) is 24.3 Å². The van der Waals surface area contributed by atoms with Crippen LogP contribution in [0.5, 0.6) is 0 Å². The van der Waals surface area contributed by atoms with E-state index in [0.29, 0.717) is 0 Å². The first-order valence-corrected chi connectivity index (χ1v) is 8.53. The molecule has 0 bridgehead atoms. The van der Waals surface area contributed by atoms with Gasteiger partial charge >= 0.3 is 0 Å². The van der Waals surface area contributed by atoms with E-state index in [1.54, 1.807) is 0 Å². The van der Waals surface area contributed by atoms with E-state index in [2.05, 4.69) is 37.4 Å². The molecule has 1 aromatic carbocycles. The molecule has 0 spiro atoms. The molecular formula is C18H28ClN. The van der Waals surface area contributed by atoms with Gasteiger partial charge in [0.05, 0.1) is 0 Å². The smallest absolute Gasteiger partial charge is 0.0408 e. The van der Waals surface area contributed by atoms with Gasteiger partial charge in [0.25, 0.3) is 0 Å². The molecule has 0 saturated heterocycles. The molecule has 2 unspecified atom stereocenters. The zero-order chi connectivity index (χ0) is 14.4. The van der Waals surface area contributed by atoms with E-state index in [4.69, 9.17) is 11.6 Å². The number of hydrogen-bond acceptors (Lipinski definition) is 1. The maximum absolute atomic E-state index is 6.11. The summed E-state index contributed by atoms with van der Waals surface area (Å²) in [6.45, 7) is 5.84. The first-order valence-electron chi connectivity index (χ1n) is 8.15. The Kier molecular flexibility index (Phi) is 6.38. The number of halogens is 1. The fourth-order valence-corrected chi connectivity index (χ4v) is 3.25. The molecule has 0 aliphatic heterocycles. The lowest BCUT2D eigenvalue weighted by Crippen LogP contribution is -2.27. The fourth-order valence-electron chi connectivity index (χ4n) is 3.04. The minimum atomic E-state index is 0.732. The summed E-state index contributed by atoms with van der Waals surface area (Å²) in [7, 11) is 0. The van der Waals surface area contributed by atoms with Crippen molar-refractivity contribution in [3.05, 3.63) is 34.9 Å². The zero-order valence-electron chi connectivity index (χ0n) is 12.9. The van der Waals surface area contributed by atoms with Crippen LogP contribution in [-0.4, -0.2) is 12.6 Å². The number of benzene rings is 1. The number of hydrogen-bond donors (Lipinski definition) is 1. The molecule has 1 N–H and O–H groups in total. The van der Waals surface area contributed by atoms with Crippen molar-refractivity contribution in [3.8, 4) is 0 Å².